The summed E-state index contributed by atoms with van der Waals surface area (Å²) in [5.74, 6) is -0.396. The summed E-state index contributed by atoms with van der Waals surface area (Å²) in [7, 11) is 0. The van der Waals surface area contributed by atoms with Crippen LogP contribution in [0.25, 0.3) is 0 Å². The van der Waals surface area contributed by atoms with Gasteiger partial charge in [0.2, 0.25) is 0 Å². The molecule has 0 bridgehead atoms. The Morgan fingerprint density at radius 1 is 1.36 bits per heavy atom. The van der Waals surface area contributed by atoms with Crippen molar-refractivity contribution in [2.75, 3.05) is 6.54 Å². The third kappa shape index (κ3) is 6.28. The average molecular weight is 202 g/mol. The molecule has 1 atom stereocenters. The highest BCUT2D eigenvalue weighted by molar-refractivity contribution is 5.74. The van der Waals surface area contributed by atoms with Crippen molar-refractivity contribution < 1.29 is 14.3 Å². The van der Waals surface area contributed by atoms with E-state index in [2.05, 4.69) is 10.6 Å². The molecule has 1 unspecified atom stereocenters. The van der Waals surface area contributed by atoms with E-state index in [-0.39, 0.29) is 6.03 Å². The number of rotatable bonds is 5. The highest BCUT2D eigenvalue weighted by atomic mass is 16.6. The molecule has 0 aliphatic heterocycles. The van der Waals surface area contributed by atoms with Gasteiger partial charge < -0.3 is 15.4 Å². The van der Waals surface area contributed by atoms with Gasteiger partial charge in [-0.05, 0) is 6.42 Å². The van der Waals surface area contributed by atoms with Crippen molar-refractivity contribution in [1.29, 1.82) is 0 Å². The van der Waals surface area contributed by atoms with Gasteiger partial charge in [-0.3, -0.25) is 4.79 Å². The Labute approximate surface area is 84.2 Å². The summed E-state index contributed by atoms with van der Waals surface area (Å²) in [5, 5.41) is 5.17. The summed E-state index contributed by atoms with van der Waals surface area (Å²) in [6.07, 6.45) is 0.890. The Morgan fingerprint density at radius 3 is 2.43 bits per heavy atom. The molecule has 0 saturated carbocycles. The molecule has 0 aliphatic rings. The molecule has 0 aromatic carbocycles. The molecule has 0 spiro atoms. The fraction of sp³-hybridized carbons (Fsp3) is 0.778. The predicted molar refractivity (Wildman–Crippen MR) is 52.7 cm³/mol. The Bertz CT molecular complexity index is 194. The standard InChI is InChI=1S/C9H18N2O3/c1-4-6-10-9(13)11-8(5-2)14-7(3)12/h8H,4-6H2,1-3H3,(H2,10,11,13). The lowest BCUT2D eigenvalue weighted by Crippen LogP contribution is -2.43. The van der Waals surface area contributed by atoms with Crippen LogP contribution in [-0.2, 0) is 9.53 Å². The SMILES string of the molecule is CCCNC(=O)NC(CC)OC(C)=O. The first-order valence-electron chi connectivity index (χ1n) is 4.81. The first-order valence-corrected chi connectivity index (χ1v) is 4.81. The van der Waals surface area contributed by atoms with Crippen LogP contribution < -0.4 is 10.6 Å². The molecular formula is C9H18N2O3. The number of nitrogens with one attached hydrogen (secondary N) is 2. The van der Waals surface area contributed by atoms with E-state index in [4.69, 9.17) is 4.74 Å². The van der Waals surface area contributed by atoms with E-state index in [9.17, 15) is 9.59 Å². The number of hydrogen-bond donors (Lipinski definition) is 2. The molecule has 0 aromatic heterocycles. The summed E-state index contributed by atoms with van der Waals surface area (Å²) in [6, 6.07) is -0.306. The lowest BCUT2D eigenvalue weighted by molar-refractivity contribution is -0.147. The normalized spacial score (nSPS) is 11.6. The Morgan fingerprint density at radius 2 is 2.00 bits per heavy atom. The van der Waals surface area contributed by atoms with Crippen LogP contribution in [0, 0.1) is 0 Å². The first kappa shape index (κ1) is 12.7. The predicted octanol–water partition coefficient (Wildman–Crippen LogP) is 0.995. The van der Waals surface area contributed by atoms with E-state index in [0.717, 1.165) is 6.42 Å². The minimum Gasteiger partial charge on any atom is -0.442 e. The van der Waals surface area contributed by atoms with E-state index in [0.29, 0.717) is 13.0 Å². The zero-order valence-corrected chi connectivity index (χ0v) is 8.92. The Kier molecular flexibility index (Phi) is 6.53. The molecule has 0 rings (SSSR count). The number of urea groups is 1. The molecule has 5 heteroatoms. The molecule has 2 amide bonds. The first-order chi connectivity index (χ1) is 6.60. The van der Waals surface area contributed by atoms with Crippen molar-refractivity contribution in [3.63, 3.8) is 0 Å². The summed E-state index contributed by atoms with van der Waals surface area (Å²) in [6.45, 7) is 5.72. The maximum atomic E-state index is 11.1. The number of carbonyl (C=O) groups excluding carboxylic acids is 2. The minimum absolute atomic E-state index is 0.306. The Hall–Kier alpha value is -1.26. The highest BCUT2D eigenvalue weighted by Crippen LogP contribution is 1.93. The van der Waals surface area contributed by atoms with Crippen LogP contribution in [0.15, 0.2) is 0 Å². The topological polar surface area (TPSA) is 67.4 Å². The number of carbonyl (C=O) groups is 2. The molecule has 0 aromatic rings. The summed E-state index contributed by atoms with van der Waals surface area (Å²) in [5.41, 5.74) is 0. The van der Waals surface area contributed by atoms with Gasteiger partial charge in [-0.2, -0.15) is 0 Å². The van der Waals surface area contributed by atoms with Crippen molar-refractivity contribution in [3.05, 3.63) is 0 Å². The summed E-state index contributed by atoms with van der Waals surface area (Å²) >= 11 is 0. The van der Waals surface area contributed by atoms with E-state index >= 15 is 0 Å². The van der Waals surface area contributed by atoms with E-state index in [1.54, 1.807) is 0 Å². The third-order valence-electron chi connectivity index (χ3n) is 1.51. The molecule has 0 aliphatic carbocycles. The molecule has 2 N–H and O–H groups in total. The average Bonchev–Trinajstić information content (AvgIpc) is 2.12. The second-order valence-electron chi connectivity index (χ2n) is 2.91. The van der Waals surface area contributed by atoms with Crippen molar-refractivity contribution in [2.24, 2.45) is 0 Å². The third-order valence-corrected chi connectivity index (χ3v) is 1.51. The van der Waals surface area contributed by atoms with Crippen LogP contribution >= 0.6 is 0 Å². The van der Waals surface area contributed by atoms with Gasteiger partial charge in [-0.15, -0.1) is 0 Å². The fourth-order valence-electron chi connectivity index (χ4n) is 0.851. The number of hydrogen-bond acceptors (Lipinski definition) is 3. The van der Waals surface area contributed by atoms with Crippen LogP contribution in [0.2, 0.25) is 0 Å². The second-order valence-corrected chi connectivity index (χ2v) is 2.91. The molecule has 0 radical (unpaired) electrons. The van der Waals surface area contributed by atoms with Crippen LogP contribution in [-0.4, -0.2) is 24.8 Å². The summed E-state index contributed by atoms with van der Waals surface area (Å²) < 4.78 is 4.84. The van der Waals surface area contributed by atoms with Crippen LogP contribution in [0.5, 0.6) is 0 Å². The van der Waals surface area contributed by atoms with Gasteiger partial charge in [0.15, 0.2) is 6.23 Å². The number of amides is 2. The minimum atomic E-state index is -0.538. The zero-order chi connectivity index (χ0) is 11.0. The molecular weight excluding hydrogens is 184 g/mol. The van der Waals surface area contributed by atoms with Gasteiger partial charge in [0.25, 0.3) is 0 Å². The highest BCUT2D eigenvalue weighted by Gasteiger charge is 2.11. The molecule has 5 nitrogen and oxygen atoms in total. The van der Waals surface area contributed by atoms with Crippen LogP contribution in [0.3, 0.4) is 0 Å². The molecule has 82 valence electrons. The van der Waals surface area contributed by atoms with Gasteiger partial charge in [0.1, 0.15) is 0 Å². The van der Waals surface area contributed by atoms with Crippen molar-refractivity contribution in [2.45, 2.75) is 39.8 Å². The van der Waals surface area contributed by atoms with E-state index < -0.39 is 12.2 Å². The number of esters is 1. The van der Waals surface area contributed by atoms with Gasteiger partial charge in [0.05, 0.1) is 0 Å². The molecule has 14 heavy (non-hydrogen) atoms. The van der Waals surface area contributed by atoms with Gasteiger partial charge in [0, 0.05) is 19.9 Å². The van der Waals surface area contributed by atoms with Crippen LogP contribution in [0.4, 0.5) is 4.79 Å². The van der Waals surface area contributed by atoms with E-state index in [1.165, 1.54) is 6.92 Å². The fourth-order valence-corrected chi connectivity index (χ4v) is 0.851. The smallest absolute Gasteiger partial charge is 0.317 e. The van der Waals surface area contributed by atoms with Crippen LogP contribution in [0.1, 0.15) is 33.6 Å². The quantitative estimate of drug-likeness (QED) is 0.516. The van der Waals surface area contributed by atoms with Gasteiger partial charge in [-0.25, -0.2) is 4.79 Å². The molecule has 0 fully saturated rings. The maximum absolute atomic E-state index is 11.1. The van der Waals surface area contributed by atoms with Gasteiger partial charge >= 0.3 is 12.0 Å². The van der Waals surface area contributed by atoms with Crippen molar-refractivity contribution in [1.82, 2.24) is 10.6 Å². The van der Waals surface area contributed by atoms with Crippen molar-refractivity contribution >= 4 is 12.0 Å². The lowest BCUT2D eigenvalue weighted by atomic mass is 10.4. The lowest BCUT2D eigenvalue weighted by Gasteiger charge is -2.16. The second kappa shape index (κ2) is 7.17. The molecule has 0 heterocycles. The monoisotopic (exact) mass is 202 g/mol. The maximum Gasteiger partial charge on any atom is 0.317 e. The Balaban J connectivity index is 3.80. The number of ether oxygens (including phenoxy) is 1. The van der Waals surface area contributed by atoms with E-state index in [1.807, 2.05) is 13.8 Å². The zero-order valence-electron chi connectivity index (χ0n) is 8.92. The summed E-state index contributed by atoms with van der Waals surface area (Å²) in [4.78, 5) is 21.8. The van der Waals surface area contributed by atoms with Crippen molar-refractivity contribution in [3.8, 4) is 0 Å². The van der Waals surface area contributed by atoms with Gasteiger partial charge in [-0.1, -0.05) is 13.8 Å². The largest absolute Gasteiger partial charge is 0.442 e. The molecule has 0 saturated heterocycles.